The average molecular weight is 445 g/mol. The first-order chi connectivity index (χ1) is 16.1. The highest BCUT2D eigenvalue weighted by molar-refractivity contribution is 5.97. The molecule has 4 rings (SSSR count). The van der Waals surface area contributed by atoms with Gasteiger partial charge in [0, 0.05) is 24.2 Å². The lowest BCUT2D eigenvalue weighted by atomic mass is 9.98. The standard InChI is InChI=1S/C27H28N2O4/c1-32-23-13-5-19(6-14-23)18-25(20-9-15-24(33-2)16-10-20)28-27(31)21-7-11-22(12-8-21)29-17-3-4-26(29)30/h5-16,25H,3-4,17-18H2,1-2H3,(H,28,31). The van der Waals surface area contributed by atoms with Gasteiger partial charge >= 0.3 is 0 Å². The van der Waals surface area contributed by atoms with Crippen molar-refractivity contribution in [3.05, 3.63) is 89.5 Å². The van der Waals surface area contributed by atoms with Crippen molar-refractivity contribution >= 4 is 17.5 Å². The normalized spacial score (nSPS) is 14.1. The quantitative estimate of drug-likeness (QED) is 0.554. The van der Waals surface area contributed by atoms with Crippen molar-refractivity contribution < 1.29 is 19.1 Å². The fourth-order valence-corrected chi connectivity index (χ4v) is 4.04. The van der Waals surface area contributed by atoms with E-state index >= 15 is 0 Å². The number of ether oxygens (including phenoxy) is 2. The highest BCUT2D eigenvalue weighted by atomic mass is 16.5. The molecule has 170 valence electrons. The molecule has 3 aromatic rings. The molecular weight excluding hydrogens is 416 g/mol. The van der Waals surface area contributed by atoms with Crippen LogP contribution in [-0.2, 0) is 11.2 Å². The zero-order valence-corrected chi connectivity index (χ0v) is 18.9. The molecular formula is C27H28N2O4. The van der Waals surface area contributed by atoms with E-state index in [1.807, 2.05) is 60.7 Å². The Bertz CT molecular complexity index is 1090. The van der Waals surface area contributed by atoms with E-state index in [1.165, 1.54) is 0 Å². The van der Waals surface area contributed by atoms with E-state index < -0.39 is 0 Å². The van der Waals surface area contributed by atoms with Crippen LogP contribution in [0.1, 0.15) is 40.4 Å². The van der Waals surface area contributed by atoms with Gasteiger partial charge in [-0.2, -0.15) is 0 Å². The van der Waals surface area contributed by atoms with Crippen molar-refractivity contribution in [3.8, 4) is 11.5 Å². The van der Waals surface area contributed by atoms with Gasteiger partial charge in [-0.25, -0.2) is 0 Å². The lowest BCUT2D eigenvalue weighted by molar-refractivity contribution is -0.117. The van der Waals surface area contributed by atoms with Gasteiger partial charge in [-0.1, -0.05) is 24.3 Å². The molecule has 0 aromatic heterocycles. The van der Waals surface area contributed by atoms with Crippen LogP contribution in [-0.4, -0.2) is 32.6 Å². The van der Waals surface area contributed by atoms with E-state index in [4.69, 9.17) is 9.47 Å². The van der Waals surface area contributed by atoms with Crippen molar-refractivity contribution in [1.82, 2.24) is 5.32 Å². The molecule has 33 heavy (non-hydrogen) atoms. The Morgan fingerprint density at radius 1 is 0.909 bits per heavy atom. The zero-order valence-electron chi connectivity index (χ0n) is 18.9. The molecule has 1 atom stereocenters. The number of amides is 2. The zero-order chi connectivity index (χ0) is 23.2. The van der Waals surface area contributed by atoms with Gasteiger partial charge in [0.15, 0.2) is 0 Å². The Hall–Kier alpha value is -3.80. The predicted octanol–water partition coefficient (Wildman–Crippen LogP) is 4.54. The third kappa shape index (κ3) is 5.34. The fraction of sp³-hybridized carbons (Fsp3) is 0.259. The molecule has 1 heterocycles. The predicted molar refractivity (Wildman–Crippen MR) is 128 cm³/mol. The Balaban J connectivity index is 1.52. The molecule has 3 aromatic carbocycles. The molecule has 6 heteroatoms. The third-order valence-corrected chi connectivity index (χ3v) is 5.94. The Kier molecular flexibility index (Phi) is 6.93. The van der Waals surface area contributed by atoms with Crippen LogP contribution in [0.3, 0.4) is 0 Å². The molecule has 6 nitrogen and oxygen atoms in total. The lowest BCUT2D eigenvalue weighted by Crippen LogP contribution is -2.30. The second kappa shape index (κ2) is 10.2. The molecule has 0 saturated carbocycles. The van der Waals surface area contributed by atoms with E-state index in [-0.39, 0.29) is 17.9 Å². The first kappa shape index (κ1) is 22.4. The number of benzene rings is 3. The van der Waals surface area contributed by atoms with Gasteiger partial charge in [0.2, 0.25) is 5.91 Å². The number of methoxy groups -OCH3 is 2. The molecule has 1 N–H and O–H groups in total. The summed E-state index contributed by atoms with van der Waals surface area (Å²) in [5, 5.41) is 3.17. The molecule has 1 saturated heterocycles. The number of hydrogen-bond donors (Lipinski definition) is 1. The monoisotopic (exact) mass is 444 g/mol. The summed E-state index contributed by atoms with van der Waals surface area (Å²) in [7, 11) is 3.27. The van der Waals surface area contributed by atoms with E-state index in [1.54, 1.807) is 31.3 Å². The maximum Gasteiger partial charge on any atom is 0.251 e. The van der Waals surface area contributed by atoms with Crippen molar-refractivity contribution in [2.75, 3.05) is 25.7 Å². The Labute approximate surface area is 194 Å². The molecule has 1 aliphatic heterocycles. The Morgan fingerprint density at radius 2 is 1.52 bits per heavy atom. The molecule has 1 aliphatic rings. The number of anilines is 1. The highest BCUT2D eigenvalue weighted by Crippen LogP contribution is 2.25. The largest absolute Gasteiger partial charge is 0.497 e. The van der Waals surface area contributed by atoms with Crippen LogP contribution in [0, 0.1) is 0 Å². The minimum atomic E-state index is -0.225. The number of carbonyl (C=O) groups is 2. The highest BCUT2D eigenvalue weighted by Gasteiger charge is 2.22. The van der Waals surface area contributed by atoms with E-state index in [0.29, 0.717) is 18.4 Å². The number of hydrogen-bond acceptors (Lipinski definition) is 4. The summed E-state index contributed by atoms with van der Waals surface area (Å²) in [6, 6.07) is 22.6. The van der Waals surface area contributed by atoms with Crippen LogP contribution >= 0.6 is 0 Å². The molecule has 1 unspecified atom stereocenters. The van der Waals surface area contributed by atoms with Crippen molar-refractivity contribution in [1.29, 1.82) is 0 Å². The van der Waals surface area contributed by atoms with E-state index in [0.717, 1.165) is 41.3 Å². The van der Waals surface area contributed by atoms with Gasteiger partial charge in [-0.3, -0.25) is 9.59 Å². The minimum absolute atomic E-state index is 0.131. The van der Waals surface area contributed by atoms with Crippen molar-refractivity contribution in [2.45, 2.75) is 25.3 Å². The molecule has 0 aliphatic carbocycles. The van der Waals surface area contributed by atoms with Gasteiger partial charge in [-0.05, 0) is 72.5 Å². The van der Waals surface area contributed by atoms with Gasteiger partial charge < -0.3 is 19.7 Å². The molecule has 0 radical (unpaired) electrons. The molecule has 0 spiro atoms. The minimum Gasteiger partial charge on any atom is -0.497 e. The van der Waals surface area contributed by atoms with Crippen LogP contribution in [0.2, 0.25) is 0 Å². The van der Waals surface area contributed by atoms with Gasteiger partial charge in [0.05, 0.1) is 20.3 Å². The smallest absolute Gasteiger partial charge is 0.251 e. The molecule has 2 amide bonds. The summed E-state index contributed by atoms with van der Waals surface area (Å²) in [6.07, 6.45) is 2.08. The first-order valence-corrected chi connectivity index (χ1v) is 11.1. The van der Waals surface area contributed by atoms with Crippen LogP contribution in [0.5, 0.6) is 11.5 Å². The molecule has 1 fully saturated rings. The average Bonchev–Trinajstić information content (AvgIpc) is 3.30. The molecule has 0 bridgehead atoms. The topological polar surface area (TPSA) is 67.9 Å². The maximum atomic E-state index is 13.1. The summed E-state index contributed by atoms with van der Waals surface area (Å²) >= 11 is 0. The second-order valence-electron chi connectivity index (χ2n) is 8.05. The summed E-state index contributed by atoms with van der Waals surface area (Å²) in [6.45, 7) is 0.728. The Morgan fingerprint density at radius 3 is 2.06 bits per heavy atom. The number of nitrogens with one attached hydrogen (secondary N) is 1. The van der Waals surface area contributed by atoms with Crippen LogP contribution in [0.4, 0.5) is 5.69 Å². The van der Waals surface area contributed by atoms with Gasteiger partial charge in [-0.15, -0.1) is 0 Å². The van der Waals surface area contributed by atoms with E-state index in [9.17, 15) is 9.59 Å². The summed E-state index contributed by atoms with van der Waals surface area (Å²) in [5.41, 5.74) is 3.46. The van der Waals surface area contributed by atoms with Gasteiger partial charge in [0.1, 0.15) is 11.5 Å². The SMILES string of the molecule is COc1ccc(CC(NC(=O)c2ccc(N3CCCC3=O)cc2)c2ccc(OC)cc2)cc1. The summed E-state index contributed by atoms with van der Waals surface area (Å²) in [4.78, 5) is 26.9. The maximum absolute atomic E-state index is 13.1. The number of rotatable bonds is 8. The van der Waals surface area contributed by atoms with Crippen LogP contribution in [0.15, 0.2) is 72.8 Å². The lowest BCUT2D eigenvalue weighted by Gasteiger charge is -2.21. The summed E-state index contributed by atoms with van der Waals surface area (Å²) < 4.78 is 10.5. The van der Waals surface area contributed by atoms with Crippen LogP contribution in [0.25, 0.3) is 0 Å². The van der Waals surface area contributed by atoms with Gasteiger partial charge in [0.25, 0.3) is 5.91 Å². The fourth-order valence-electron chi connectivity index (χ4n) is 4.04. The number of nitrogens with zero attached hydrogens (tertiary/aromatic N) is 1. The van der Waals surface area contributed by atoms with Crippen LogP contribution < -0.4 is 19.7 Å². The van der Waals surface area contributed by atoms with Crippen molar-refractivity contribution in [3.63, 3.8) is 0 Å². The van der Waals surface area contributed by atoms with Crippen molar-refractivity contribution in [2.24, 2.45) is 0 Å². The first-order valence-electron chi connectivity index (χ1n) is 11.1. The third-order valence-electron chi connectivity index (χ3n) is 5.94. The number of carbonyl (C=O) groups excluding carboxylic acids is 2. The van der Waals surface area contributed by atoms with E-state index in [2.05, 4.69) is 5.32 Å². The second-order valence-corrected chi connectivity index (χ2v) is 8.05. The summed E-state index contributed by atoms with van der Waals surface area (Å²) in [5.74, 6) is 1.52.